The van der Waals surface area contributed by atoms with Gasteiger partial charge in [0.05, 0.1) is 6.54 Å². The normalized spacial score (nSPS) is 14.0. The number of rotatable bonds is 7. The summed E-state index contributed by atoms with van der Waals surface area (Å²) >= 11 is 0. The molecule has 1 heterocycles. The molecule has 0 saturated carbocycles. The third kappa shape index (κ3) is 4.63. The lowest BCUT2D eigenvalue weighted by Crippen LogP contribution is -2.40. The van der Waals surface area contributed by atoms with E-state index in [1.54, 1.807) is 23.1 Å². The Morgan fingerprint density at radius 1 is 1.21 bits per heavy atom. The Labute approximate surface area is 143 Å². The number of carbonyl (C=O) groups excluding carboxylic acids is 2. The minimum Gasteiger partial charge on any atom is -0.486 e. The van der Waals surface area contributed by atoms with Crippen LogP contribution in [0.3, 0.4) is 0 Å². The lowest BCUT2D eigenvalue weighted by atomic mass is 10.0. The van der Waals surface area contributed by atoms with Gasteiger partial charge in [0.2, 0.25) is 11.8 Å². The van der Waals surface area contributed by atoms with Crippen LogP contribution in [0.25, 0.3) is 0 Å². The van der Waals surface area contributed by atoms with E-state index in [0.717, 1.165) is 12.8 Å². The van der Waals surface area contributed by atoms with Crippen molar-refractivity contribution in [1.29, 1.82) is 0 Å². The summed E-state index contributed by atoms with van der Waals surface area (Å²) in [6, 6.07) is 5.28. The van der Waals surface area contributed by atoms with E-state index < -0.39 is 0 Å². The van der Waals surface area contributed by atoms with Crippen LogP contribution in [0.5, 0.6) is 11.5 Å². The first kappa shape index (κ1) is 18.1. The lowest BCUT2D eigenvalue weighted by Gasteiger charge is -2.24. The van der Waals surface area contributed by atoms with E-state index in [4.69, 9.17) is 9.47 Å². The molecule has 0 bridgehead atoms. The average Bonchev–Trinajstić information content (AvgIpc) is 2.59. The molecule has 2 amide bonds. The zero-order valence-electron chi connectivity index (χ0n) is 14.6. The highest BCUT2D eigenvalue weighted by atomic mass is 16.6. The van der Waals surface area contributed by atoms with Crippen molar-refractivity contribution in [2.75, 3.05) is 31.6 Å². The van der Waals surface area contributed by atoms with Crippen molar-refractivity contribution >= 4 is 17.5 Å². The van der Waals surface area contributed by atoms with Crippen molar-refractivity contribution in [1.82, 2.24) is 4.90 Å². The van der Waals surface area contributed by atoms with Crippen LogP contribution in [-0.4, -0.2) is 43.0 Å². The predicted molar refractivity (Wildman–Crippen MR) is 92.4 cm³/mol. The topological polar surface area (TPSA) is 67.9 Å². The van der Waals surface area contributed by atoms with Gasteiger partial charge in [0.25, 0.3) is 0 Å². The molecule has 24 heavy (non-hydrogen) atoms. The Balaban J connectivity index is 1.95. The van der Waals surface area contributed by atoms with Crippen LogP contribution >= 0.6 is 0 Å². The third-order valence-electron chi connectivity index (χ3n) is 4.00. The Morgan fingerprint density at radius 2 is 1.92 bits per heavy atom. The number of nitrogens with one attached hydrogen (secondary N) is 1. The van der Waals surface area contributed by atoms with Gasteiger partial charge in [-0.25, -0.2) is 0 Å². The maximum atomic E-state index is 12.4. The van der Waals surface area contributed by atoms with Gasteiger partial charge in [0.15, 0.2) is 11.5 Å². The fraction of sp³-hybridized carbons (Fsp3) is 0.556. The molecular formula is C18H26N2O4. The molecule has 0 saturated heterocycles. The summed E-state index contributed by atoms with van der Waals surface area (Å²) in [6.45, 7) is 7.44. The van der Waals surface area contributed by atoms with E-state index in [9.17, 15) is 9.59 Å². The van der Waals surface area contributed by atoms with Crippen molar-refractivity contribution in [2.45, 2.75) is 33.6 Å². The Hall–Kier alpha value is -2.24. The van der Waals surface area contributed by atoms with Crippen molar-refractivity contribution in [3.63, 3.8) is 0 Å². The van der Waals surface area contributed by atoms with Crippen LogP contribution < -0.4 is 14.8 Å². The second-order valence-corrected chi connectivity index (χ2v) is 5.95. The SMILES string of the molecule is CCCC(C)C(=O)N(CC)CC(=O)Nc1ccc2c(c1)OCCO2. The summed E-state index contributed by atoms with van der Waals surface area (Å²) < 4.78 is 11.0. The number of hydrogen-bond donors (Lipinski definition) is 1. The quantitative estimate of drug-likeness (QED) is 0.832. The molecule has 0 fully saturated rings. The first-order valence-corrected chi connectivity index (χ1v) is 8.53. The maximum Gasteiger partial charge on any atom is 0.243 e. The number of anilines is 1. The van der Waals surface area contributed by atoms with Crippen molar-refractivity contribution in [3.05, 3.63) is 18.2 Å². The zero-order chi connectivity index (χ0) is 17.5. The summed E-state index contributed by atoms with van der Waals surface area (Å²) in [7, 11) is 0. The zero-order valence-corrected chi connectivity index (χ0v) is 14.6. The minimum absolute atomic E-state index is 0.0247. The molecule has 132 valence electrons. The largest absolute Gasteiger partial charge is 0.486 e. The van der Waals surface area contributed by atoms with Crippen LogP contribution in [-0.2, 0) is 9.59 Å². The van der Waals surface area contributed by atoms with Crippen molar-refractivity contribution < 1.29 is 19.1 Å². The number of carbonyl (C=O) groups is 2. The molecule has 2 rings (SSSR count). The maximum absolute atomic E-state index is 12.4. The van der Waals surface area contributed by atoms with E-state index in [2.05, 4.69) is 12.2 Å². The first-order valence-electron chi connectivity index (χ1n) is 8.53. The van der Waals surface area contributed by atoms with Crippen LogP contribution in [0.2, 0.25) is 0 Å². The fourth-order valence-electron chi connectivity index (χ4n) is 2.71. The van der Waals surface area contributed by atoms with Crippen molar-refractivity contribution in [2.24, 2.45) is 5.92 Å². The van der Waals surface area contributed by atoms with E-state index in [-0.39, 0.29) is 24.3 Å². The molecule has 0 spiro atoms. The number of benzene rings is 1. The molecule has 6 nitrogen and oxygen atoms in total. The van der Waals surface area contributed by atoms with Crippen LogP contribution in [0.15, 0.2) is 18.2 Å². The molecule has 0 aromatic heterocycles. The lowest BCUT2D eigenvalue weighted by molar-refractivity contribution is -0.137. The second kappa shape index (κ2) is 8.57. The average molecular weight is 334 g/mol. The molecule has 1 aliphatic rings. The van der Waals surface area contributed by atoms with E-state index >= 15 is 0 Å². The Morgan fingerprint density at radius 3 is 2.58 bits per heavy atom. The molecule has 1 N–H and O–H groups in total. The van der Waals surface area contributed by atoms with Gasteiger partial charge in [0.1, 0.15) is 13.2 Å². The molecule has 0 radical (unpaired) electrons. The first-order chi connectivity index (χ1) is 11.5. The van der Waals surface area contributed by atoms with E-state index in [1.807, 2.05) is 13.8 Å². The van der Waals surface area contributed by atoms with Gasteiger partial charge in [-0.05, 0) is 25.5 Å². The number of hydrogen-bond acceptors (Lipinski definition) is 4. The van der Waals surface area contributed by atoms with E-state index in [0.29, 0.717) is 36.9 Å². The molecule has 1 aliphatic heterocycles. The summed E-state index contributed by atoms with van der Waals surface area (Å²) in [4.78, 5) is 26.2. The van der Waals surface area contributed by atoms with Crippen LogP contribution in [0.4, 0.5) is 5.69 Å². The number of likely N-dealkylation sites (N-methyl/N-ethyl adjacent to an activating group) is 1. The monoisotopic (exact) mass is 334 g/mol. The van der Waals surface area contributed by atoms with Crippen LogP contribution in [0, 0.1) is 5.92 Å². The molecular weight excluding hydrogens is 308 g/mol. The third-order valence-corrected chi connectivity index (χ3v) is 4.00. The Bertz CT molecular complexity index is 588. The molecule has 1 unspecified atom stereocenters. The highest BCUT2D eigenvalue weighted by Crippen LogP contribution is 2.32. The molecule has 1 atom stereocenters. The molecule has 0 aliphatic carbocycles. The van der Waals surface area contributed by atoms with E-state index in [1.165, 1.54) is 0 Å². The summed E-state index contributed by atoms with van der Waals surface area (Å²) in [6.07, 6.45) is 1.78. The number of ether oxygens (including phenoxy) is 2. The van der Waals surface area contributed by atoms with Gasteiger partial charge in [-0.15, -0.1) is 0 Å². The second-order valence-electron chi connectivity index (χ2n) is 5.95. The van der Waals surface area contributed by atoms with Crippen LogP contribution in [0.1, 0.15) is 33.6 Å². The standard InChI is InChI=1S/C18H26N2O4/c1-4-6-13(3)18(22)20(5-2)12-17(21)19-14-7-8-15-16(11-14)24-10-9-23-15/h7-8,11,13H,4-6,9-10,12H2,1-3H3,(H,19,21). The highest BCUT2D eigenvalue weighted by molar-refractivity contribution is 5.95. The van der Waals surface area contributed by atoms with Gasteiger partial charge in [-0.1, -0.05) is 20.3 Å². The van der Waals surface area contributed by atoms with Gasteiger partial charge < -0.3 is 19.7 Å². The molecule has 6 heteroatoms. The number of fused-ring (bicyclic) bond motifs is 1. The summed E-state index contributed by atoms with van der Waals surface area (Å²) in [5, 5.41) is 2.81. The molecule has 1 aromatic rings. The smallest absolute Gasteiger partial charge is 0.243 e. The minimum atomic E-state index is -0.217. The van der Waals surface area contributed by atoms with Gasteiger partial charge >= 0.3 is 0 Å². The Kier molecular flexibility index (Phi) is 6.46. The fourth-order valence-corrected chi connectivity index (χ4v) is 2.71. The number of amides is 2. The van der Waals surface area contributed by atoms with Gasteiger partial charge in [0, 0.05) is 24.2 Å². The summed E-state index contributed by atoms with van der Waals surface area (Å²) in [5.41, 5.74) is 0.634. The van der Waals surface area contributed by atoms with Crippen molar-refractivity contribution in [3.8, 4) is 11.5 Å². The summed E-state index contributed by atoms with van der Waals surface area (Å²) in [5.74, 6) is 1.05. The number of nitrogens with zero attached hydrogens (tertiary/aromatic N) is 1. The van der Waals surface area contributed by atoms with Gasteiger partial charge in [-0.3, -0.25) is 9.59 Å². The van der Waals surface area contributed by atoms with Gasteiger partial charge in [-0.2, -0.15) is 0 Å². The molecule has 1 aromatic carbocycles. The predicted octanol–water partition coefficient (Wildman–Crippen LogP) is 2.68. The highest BCUT2D eigenvalue weighted by Gasteiger charge is 2.21.